The number of benzene rings is 1. The molecule has 7 heteroatoms. The second-order valence-electron chi connectivity index (χ2n) is 5.29. The predicted octanol–water partition coefficient (Wildman–Crippen LogP) is 1.43. The molecule has 1 aliphatic heterocycles. The predicted molar refractivity (Wildman–Crippen MR) is 77.9 cm³/mol. The lowest BCUT2D eigenvalue weighted by molar-refractivity contribution is -0.127. The minimum absolute atomic E-state index is 0.0396. The van der Waals surface area contributed by atoms with E-state index in [1.807, 2.05) is 0 Å². The fraction of sp³-hybridized carbons (Fsp3) is 0.267. The summed E-state index contributed by atoms with van der Waals surface area (Å²) in [5, 5.41) is 6.75. The number of aromatic nitrogens is 2. The van der Waals surface area contributed by atoms with Gasteiger partial charge in [0.1, 0.15) is 11.5 Å². The number of rotatable bonds is 3. The Balaban J connectivity index is 1.71. The normalized spacial score (nSPS) is 17.8. The van der Waals surface area contributed by atoms with Crippen LogP contribution in [-0.2, 0) is 9.59 Å². The molecule has 0 aliphatic carbocycles. The zero-order valence-electron chi connectivity index (χ0n) is 12.0. The molecule has 1 saturated heterocycles. The van der Waals surface area contributed by atoms with Gasteiger partial charge in [-0.05, 0) is 12.1 Å². The highest BCUT2D eigenvalue weighted by molar-refractivity contribution is 5.96. The van der Waals surface area contributed by atoms with Crippen molar-refractivity contribution in [1.29, 1.82) is 0 Å². The Bertz CT molecular complexity index is 728. The van der Waals surface area contributed by atoms with Crippen LogP contribution in [0.15, 0.2) is 36.7 Å². The Hall–Kier alpha value is -2.70. The zero-order chi connectivity index (χ0) is 15.7. The SMILES string of the molecule is CN1C[C@@H](C(=O)Nc2cnn(-c3ccccc3F)c2)CC1=O. The van der Waals surface area contributed by atoms with Gasteiger partial charge in [0.25, 0.3) is 0 Å². The quantitative estimate of drug-likeness (QED) is 0.932. The van der Waals surface area contributed by atoms with Gasteiger partial charge in [0.2, 0.25) is 11.8 Å². The summed E-state index contributed by atoms with van der Waals surface area (Å²) in [4.78, 5) is 25.1. The van der Waals surface area contributed by atoms with Crippen molar-refractivity contribution < 1.29 is 14.0 Å². The van der Waals surface area contributed by atoms with E-state index in [1.54, 1.807) is 25.2 Å². The van der Waals surface area contributed by atoms with Crippen LogP contribution in [0.3, 0.4) is 0 Å². The number of hydrogen-bond acceptors (Lipinski definition) is 3. The van der Waals surface area contributed by atoms with E-state index in [9.17, 15) is 14.0 Å². The first-order valence-electron chi connectivity index (χ1n) is 6.89. The fourth-order valence-electron chi connectivity index (χ4n) is 2.44. The van der Waals surface area contributed by atoms with Crippen molar-refractivity contribution in [2.45, 2.75) is 6.42 Å². The molecular weight excluding hydrogens is 287 g/mol. The molecule has 1 aliphatic rings. The maximum Gasteiger partial charge on any atom is 0.229 e. The van der Waals surface area contributed by atoms with Crippen LogP contribution in [0.1, 0.15) is 6.42 Å². The molecule has 1 N–H and O–H groups in total. The van der Waals surface area contributed by atoms with Gasteiger partial charge in [-0.2, -0.15) is 5.10 Å². The number of para-hydroxylation sites is 1. The monoisotopic (exact) mass is 302 g/mol. The first-order chi connectivity index (χ1) is 10.5. The molecule has 6 nitrogen and oxygen atoms in total. The molecule has 1 aromatic heterocycles. The van der Waals surface area contributed by atoms with Gasteiger partial charge in [0, 0.05) is 20.0 Å². The molecule has 0 spiro atoms. The van der Waals surface area contributed by atoms with Gasteiger partial charge in [0.15, 0.2) is 0 Å². The van der Waals surface area contributed by atoms with E-state index in [0.29, 0.717) is 17.9 Å². The van der Waals surface area contributed by atoms with E-state index < -0.39 is 5.82 Å². The summed E-state index contributed by atoms with van der Waals surface area (Å²) in [6.07, 6.45) is 3.20. The van der Waals surface area contributed by atoms with Gasteiger partial charge >= 0.3 is 0 Å². The van der Waals surface area contributed by atoms with Crippen LogP contribution in [0.5, 0.6) is 0 Å². The number of anilines is 1. The summed E-state index contributed by atoms with van der Waals surface area (Å²) in [5.41, 5.74) is 0.772. The molecule has 114 valence electrons. The van der Waals surface area contributed by atoms with Gasteiger partial charge in [-0.25, -0.2) is 9.07 Å². The second kappa shape index (κ2) is 5.59. The Labute approximate surface area is 126 Å². The van der Waals surface area contributed by atoms with Crippen LogP contribution in [0.25, 0.3) is 5.69 Å². The second-order valence-corrected chi connectivity index (χ2v) is 5.29. The van der Waals surface area contributed by atoms with E-state index in [4.69, 9.17) is 0 Å². The minimum Gasteiger partial charge on any atom is -0.345 e. The van der Waals surface area contributed by atoms with E-state index in [0.717, 1.165) is 0 Å². The van der Waals surface area contributed by atoms with Crippen molar-refractivity contribution in [1.82, 2.24) is 14.7 Å². The number of nitrogens with one attached hydrogen (secondary N) is 1. The van der Waals surface area contributed by atoms with E-state index in [1.165, 1.54) is 28.0 Å². The number of amides is 2. The summed E-state index contributed by atoms with van der Waals surface area (Å²) in [6.45, 7) is 0.409. The molecule has 0 radical (unpaired) electrons. The Morgan fingerprint density at radius 3 is 2.86 bits per heavy atom. The van der Waals surface area contributed by atoms with Gasteiger partial charge in [-0.1, -0.05) is 12.1 Å². The lowest BCUT2D eigenvalue weighted by atomic mass is 10.1. The molecule has 22 heavy (non-hydrogen) atoms. The number of halogens is 1. The lowest BCUT2D eigenvalue weighted by Gasteiger charge is -2.09. The Kier molecular flexibility index (Phi) is 3.62. The lowest BCUT2D eigenvalue weighted by Crippen LogP contribution is -2.25. The van der Waals surface area contributed by atoms with E-state index in [2.05, 4.69) is 10.4 Å². The van der Waals surface area contributed by atoms with Crippen molar-refractivity contribution in [3.05, 3.63) is 42.5 Å². The van der Waals surface area contributed by atoms with Crippen molar-refractivity contribution in [2.75, 3.05) is 18.9 Å². The number of nitrogens with zero attached hydrogens (tertiary/aromatic N) is 3. The van der Waals surface area contributed by atoms with Crippen LogP contribution in [0.2, 0.25) is 0 Å². The van der Waals surface area contributed by atoms with Crippen LogP contribution >= 0.6 is 0 Å². The summed E-state index contributed by atoms with van der Waals surface area (Å²) in [7, 11) is 1.67. The maximum atomic E-state index is 13.7. The number of hydrogen-bond donors (Lipinski definition) is 1. The number of carbonyl (C=O) groups is 2. The smallest absolute Gasteiger partial charge is 0.229 e. The van der Waals surface area contributed by atoms with Crippen LogP contribution in [0, 0.1) is 11.7 Å². The van der Waals surface area contributed by atoms with Crippen LogP contribution < -0.4 is 5.32 Å². The van der Waals surface area contributed by atoms with E-state index in [-0.39, 0.29) is 24.2 Å². The van der Waals surface area contributed by atoms with Gasteiger partial charge in [-0.3, -0.25) is 9.59 Å². The van der Waals surface area contributed by atoms with E-state index >= 15 is 0 Å². The molecule has 3 rings (SSSR count). The third-order valence-corrected chi connectivity index (χ3v) is 3.66. The molecule has 2 heterocycles. The standard InChI is InChI=1S/C15H15FN4O2/c1-19-8-10(6-14(19)21)15(22)18-11-7-17-20(9-11)13-5-3-2-4-12(13)16/h2-5,7,9-10H,6,8H2,1H3,(H,18,22)/t10-/m0/s1. The Morgan fingerprint density at radius 2 is 2.18 bits per heavy atom. The van der Waals surface area contributed by atoms with Crippen LogP contribution in [0.4, 0.5) is 10.1 Å². The summed E-state index contributed by atoms with van der Waals surface area (Å²) < 4.78 is 15.0. The first kappa shape index (κ1) is 14.2. The molecule has 0 unspecified atom stereocenters. The minimum atomic E-state index is -0.397. The van der Waals surface area contributed by atoms with Crippen molar-refractivity contribution in [2.24, 2.45) is 5.92 Å². The largest absolute Gasteiger partial charge is 0.345 e. The molecule has 0 saturated carbocycles. The zero-order valence-corrected chi connectivity index (χ0v) is 12.0. The maximum absolute atomic E-state index is 13.7. The van der Waals surface area contributed by atoms with Crippen LogP contribution in [-0.4, -0.2) is 40.1 Å². The molecule has 2 amide bonds. The molecule has 1 atom stereocenters. The average Bonchev–Trinajstić information content (AvgIpc) is 3.07. The van der Waals surface area contributed by atoms with Gasteiger partial charge in [0.05, 0.1) is 24.0 Å². The number of carbonyl (C=O) groups excluding carboxylic acids is 2. The number of likely N-dealkylation sites (tertiary alicyclic amines) is 1. The summed E-state index contributed by atoms with van der Waals surface area (Å²) in [5.74, 6) is -1.03. The average molecular weight is 302 g/mol. The third-order valence-electron chi connectivity index (χ3n) is 3.66. The topological polar surface area (TPSA) is 67.2 Å². The Morgan fingerprint density at radius 1 is 1.41 bits per heavy atom. The van der Waals surface area contributed by atoms with Gasteiger partial charge in [-0.15, -0.1) is 0 Å². The summed E-state index contributed by atoms with van der Waals surface area (Å²) in [6, 6.07) is 6.24. The molecule has 0 bridgehead atoms. The van der Waals surface area contributed by atoms with Gasteiger partial charge < -0.3 is 10.2 Å². The first-order valence-corrected chi connectivity index (χ1v) is 6.89. The third kappa shape index (κ3) is 2.69. The van der Waals surface area contributed by atoms with Crippen molar-refractivity contribution in [3.63, 3.8) is 0 Å². The van der Waals surface area contributed by atoms with Crippen molar-refractivity contribution >= 4 is 17.5 Å². The van der Waals surface area contributed by atoms with Crippen molar-refractivity contribution in [3.8, 4) is 5.69 Å². The highest BCUT2D eigenvalue weighted by atomic mass is 19.1. The molecule has 2 aromatic rings. The highest BCUT2D eigenvalue weighted by Crippen LogP contribution is 2.19. The molecule has 1 fully saturated rings. The highest BCUT2D eigenvalue weighted by Gasteiger charge is 2.32. The summed E-state index contributed by atoms with van der Waals surface area (Å²) >= 11 is 0. The fourth-order valence-corrected chi connectivity index (χ4v) is 2.44. The molecular formula is C15H15FN4O2. The molecule has 1 aromatic carbocycles.